The van der Waals surface area contributed by atoms with Gasteiger partial charge in [0.15, 0.2) is 0 Å². The van der Waals surface area contributed by atoms with Gasteiger partial charge in [-0.3, -0.25) is 14.9 Å². The highest BCUT2D eigenvalue weighted by molar-refractivity contribution is 5.96. The first-order chi connectivity index (χ1) is 14.9. The van der Waals surface area contributed by atoms with Crippen molar-refractivity contribution in [3.05, 3.63) is 86.1 Å². The number of benzene rings is 2. The molecule has 2 heterocycles. The molecule has 1 atom stereocenters. The number of amides is 1. The number of nitro benzene ring substituents is 1. The van der Waals surface area contributed by atoms with E-state index < -0.39 is 4.92 Å². The van der Waals surface area contributed by atoms with Crippen LogP contribution in [0.4, 0.5) is 5.69 Å². The minimum atomic E-state index is -0.475. The quantitative estimate of drug-likeness (QED) is 0.476. The maximum absolute atomic E-state index is 13.2. The van der Waals surface area contributed by atoms with Crippen LogP contribution in [0.5, 0.6) is 0 Å². The second kappa shape index (κ2) is 8.17. The summed E-state index contributed by atoms with van der Waals surface area (Å²) in [6.45, 7) is 2.54. The van der Waals surface area contributed by atoms with Crippen LogP contribution in [0.3, 0.4) is 0 Å². The molecule has 1 amide bonds. The molecule has 1 fully saturated rings. The fraction of sp³-hybridized carbons (Fsp3) is 0.318. The highest BCUT2D eigenvalue weighted by atomic mass is 16.6. The van der Waals surface area contributed by atoms with E-state index in [0.717, 1.165) is 18.5 Å². The van der Waals surface area contributed by atoms with Gasteiger partial charge in [0.2, 0.25) is 0 Å². The summed E-state index contributed by atoms with van der Waals surface area (Å²) in [5.74, 6) is 0.258. The lowest BCUT2D eigenvalue weighted by Crippen LogP contribution is -2.40. The summed E-state index contributed by atoms with van der Waals surface area (Å²) in [4.78, 5) is 38.4. The first-order valence-electron chi connectivity index (χ1n) is 10.1. The fourth-order valence-electron chi connectivity index (χ4n) is 4.16. The molecule has 0 N–H and O–H groups in total. The number of nitro groups is 1. The lowest BCUT2D eigenvalue weighted by Gasteiger charge is -2.32. The first-order valence-corrected chi connectivity index (χ1v) is 10.1. The van der Waals surface area contributed by atoms with E-state index in [1.807, 2.05) is 30.3 Å². The normalized spacial score (nSPS) is 16.3. The molecule has 0 aliphatic carbocycles. The fourth-order valence-corrected chi connectivity index (χ4v) is 4.16. The number of para-hydroxylation sites is 1. The summed E-state index contributed by atoms with van der Waals surface area (Å²) >= 11 is 0. The summed E-state index contributed by atoms with van der Waals surface area (Å²) in [6.07, 6.45) is 1.55. The van der Waals surface area contributed by atoms with Gasteiger partial charge >= 0.3 is 5.69 Å². The zero-order chi connectivity index (χ0) is 22.1. The maximum atomic E-state index is 13.2. The van der Waals surface area contributed by atoms with E-state index in [0.29, 0.717) is 30.0 Å². The molecule has 31 heavy (non-hydrogen) atoms. The summed E-state index contributed by atoms with van der Waals surface area (Å²) in [6, 6.07) is 13.9. The SMILES string of the molecule is Cc1c(C(=O)N2CCCC(c3nn(C)c(=O)n3-c3ccccc3)C2)cccc1[N+](=O)[O-]. The average Bonchev–Trinajstić information content (AvgIpc) is 3.08. The highest BCUT2D eigenvalue weighted by Gasteiger charge is 2.31. The lowest BCUT2D eigenvalue weighted by atomic mass is 9.95. The van der Waals surface area contributed by atoms with Gasteiger partial charge < -0.3 is 4.90 Å². The topological polar surface area (TPSA) is 103 Å². The van der Waals surface area contributed by atoms with Gasteiger partial charge in [-0.25, -0.2) is 14.0 Å². The smallest absolute Gasteiger partial charge is 0.338 e. The Balaban J connectivity index is 1.66. The minimum Gasteiger partial charge on any atom is -0.338 e. The van der Waals surface area contributed by atoms with Gasteiger partial charge in [0, 0.05) is 43.2 Å². The summed E-state index contributed by atoms with van der Waals surface area (Å²) in [5.41, 5.74) is 1.12. The molecule has 1 saturated heterocycles. The number of hydrogen-bond donors (Lipinski definition) is 0. The Morgan fingerprint density at radius 3 is 2.61 bits per heavy atom. The molecule has 1 unspecified atom stereocenters. The molecule has 0 radical (unpaired) electrons. The van der Waals surface area contributed by atoms with Crippen LogP contribution < -0.4 is 5.69 Å². The van der Waals surface area contributed by atoms with E-state index in [4.69, 9.17) is 0 Å². The number of carbonyl (C=O) groups is 1. The highest BCUT2D eigenvalue weighted by Crippen LogP contribution is 2.29. The third-order valence-corrected chi connectivity index (χ3v) is 5.77. The van der Waals surface area contributed by atoms with Crippen LogP contribution in [0.1, 0.15) is 40.5 Å². The third kappa shape index (κ3) is 3.74. The van der Waals surface area contributed by atoms with Crippen molar-refractivity contribution < 1.29 is 9.72 Å². The van der Waals surface area contributed by atoms with Gasteiger partial charge in [-0.1, -0.05) is 24.3 Å². The molecule has 1 aromatic heterocycles. The van der Waals surface area contributed by atoms with Crippen molar-refractivity contribution in [2.45, 2.75) is 25.7 Å². The molecule has 1 aliphatic rings. The van der Waals surface area contributed by atoms with Gasteiger partial charge in [-0.15, -0.1) is 0 Å². The maximum Gasteiger partial charge on any atom is 0.350 e. The molecular weight excluding hydrogens is 398 g/mol. The molecule has 160 valence electrons. The molecule has 0 spiro atoms. The van der Waals surface area contributed by atoms with Crippen molar-refractivity contribution in [2.75, 3.05) is 13.1 Å². The van der Waals surface area contributed by atoms with E-state index in [2.05, 4.69) is 5.10 Å². The second-order valence-electron chi connectivity index (χ2n) is 7.73. The zero-order valence-corrected chi connectivity index (χ0v) is 17.4. The van der Waals surface area contributed by atoms with E-state index in [1.165, 1.54) is 16.8 Å². The van der Waals surface area contributed by atoms with Crippen molar-refractivity contribution in [1.29, 1.82) is 0 Å². The molecule has 4 rings (SSSR count). The van der Waals surface area contributed by atoms with E-state index in [9.17, 15) is 19.7 Å². The Morgan fingerprint density at radius 1 is 1.16 bits per heavy atom. The van der Waals surface area contributed by atoms with Gasteiger partial charge in [0.25, 0.3) is 11.6 Å². The molecule has 9 nitrogen and oxygen atoms in total. The summed E-state index contributed by atoms with van der Waals surface area (Å²) in [5, 5.41) is 15.7. The number of piperidine rings is 1. The number of rotatable bonds is 4. The molecule has 9 heteroatoms. The number of carbonyl (C=O) groups excluding carboxylic acids is 1. The number of likely N-dealkylation sites (tertiary alicyclic amines) is 1. The number of aromatic nitrogens is 3. The van der Waals surface area contributed by atoms with Crippen LogP contribution in [0.2, 0.25) is 0 Å². The van der Waals surface area contributed by atoms with E-state index in [-0.39, 0.29) is 23.2 Å². The van der Waals surface area contributed by atoms with Crippen LogP contribution in [0.15, 0.2) is 53.3 Å². The first kappa shape index (κ1) is 20.5. The van der Waals surface area contributed by atoms with Crippen LogP contribution >= 0.6 is 0 Å². The molecule has 3 aromatic rings. The van der Waals surface area contributed by atoms with Crippen molar-refractivity contribution in [3.63, 3.8) is 0 Å². The summed E-state index contributed by atoms with van der Waals surface area (Å²) in [7, 11) is 1.61. The van der Waals surface area contributed by atoms with Crippen LogP contribution in [0, 0.1) is 17.0 Å². The standard InChI is InChI=1S/C22H23N5O4/c1-15-18(11-6-12-19(15)27(30)31)21(28)25-13-7-8-16(14-25)20-23-24(2)22(29)26(20)17-9-4-3-5-10-17/h3-6,9-12,16H,7-8,13-14H2,1-2H3. The minimum absolute atomic E-state index is 0.0675. The Kier molecular flexibility index (Phi) is 5.41. The van der Waals surface area contributed by atoms with Gasteiger partial charge in [-0.05, 0) is 38.0 Å². The van der Waals surface area contributed by atoms with Gasteiger partial charge in [-0.2, -0.15) is 5.10 Å². The Labute approximate surface area is 178 Å². The molecule has 0 saturated carbocycles. The summed E-state index contributed by atoms with van der Waals surface area (Å²) < 4.78 is 2.91. The predicted octanol–water partition coefficient (Wildman–Crippen LogP) is 2.81. The zero-order valence-electron chi connectivity index (χ0n) is 17.4. The number of aryl methyl sites for hydroxylation is 1. The van der Waals surface area contributed by atoms with Crippen LogP contribution in [0.25, 0.3) is 5.69 Å². The van der Waals surface area contributed by atoms with E-state index in [1.54, 1.807) is 29.5 Å². The molecule has 0 bridgehead atoms. The van der Waals surface area contributed by atoms with Gasteiger partial charge in [0.05, 0.1) is 10.6 Å². The molecular formula is C22H23N5O4. The average molecular weight is 421 g/mol. The Bertz CT molecular complexity index is 1200. The van der Waals surface area contributed by atoms with Crippen molar-refractivity contribution >= 4 is 11.6 Å². The van der Waals surface area contributed by atoms with Crippen molar-refractivity contribution in [2.24, 2.45) is 7.05 Å². The number of nitrogens with zero attached hydrogens (tertiary/aromatic N) is 5. The van der Waals surface area contributed by atoms with Crippen molar-refractivity contribution in [1.82, 2.24) is 19.2 Å². The van der Waals surface area contributed by atoms with Gasteiger partial charge in [0.1, 0.15) is 5.82 Å². The Morgan fingerprint density at radius 2 is 1.90 bits per heavy atom. The predicted molar refractivity (Wildman–Crippen MR) is 115 cm³/mol. The number of hydrogen-bond acceptors (Lipinski definition) is 5. The second-order valence-corrected chi connectivity index (χ2v) is 7.73. The molecule has 1 aliphatic heterocycles. The lowest BCUT2D eigenvalue weighted by molar-refractivity contribution is -0.385. The van der Waals surface area contributed by atoms with E-state index >= 15 is 0 Å². The van der Waals surface area contributed by atoms with Crippen molar-refractivity contribution in [3.8, 4) is 5.69 Å². The Hall–Kier alpha value is -3.75. The third-order valence-electron chi connectivity index (χ3n) is 5.77. The largest absolute Gasteiger partial charge is 0.350 e. The van der Waals surface area contributed by atoms with Crippen LogP contribution in [-0.2, 0) is 7.05 Å². The molecule has 2 aromatic carbocycles. The monoisotopic (exact) mass is 421 g/mol. The van der Waals surface area contributed by atoms with Crippen LogP contribution in [-0.4, -0.2) is 43.2 Å².